The number of carbonyl (C=O) groups excluding carboxylic acids is 3. The number of benzene rings is 3. The van der Waals surface area contributed by atoms with Crippen molar-refractivity contribution in [3.8, 4) is 17.2 Å². The van der Waals surface area contributed by atoms with Gasteiger partial charge in [-0.3, -0.25) is 24.4 Å². The van der Waals surface area contributed by atoms with E-state index in [1.807, 2.05) is 18.1 Å². The van der Waals surface area contributed by atoms with Crippen LogP contribution in [0.4, 0.5) is 5.82 Å². The number of ether oxygens (including phenoxy) is 3. The van der Waals surface area contributed by atoms with E-state index in [9.17, 15) is 37.3 Å². The Bertz CT molecular complexity index is 2370. The maximum absolute atomic E-state index is 12.6. The molecule has 4 aromatic rings. The summed E-state index contributed by atoms with van der Waals surface area (Å²) in [4.78, 5) is 51.0. The van der Waals surface area contributed by atoms with Crippen LogP contribution in [0.1, 0.15) is 103 Å². The molecule has 0 saturated carbocycles. The number of carboxylic acid groups (broad SMARTS) is 1. The first kappa shape index (κ1) is 48.5. The number of aliphatic carboxylic acids is 1. The first-order valence-corrected chi connectivity index (χ1v) is 22.9. The predicted molar refractivity (Wildman–Crippen MR) is 241 cm³/mol. The topological polar surface area (TPSA) is 232 Å². The smallest absolute Gasteiger partial charge is 0.303 e. The van der Waals surface area contributed by atoms with Crippen molar-refractivity contribution in [2.75, 3.05) is 38.3 Å². The Balaban J connectivity index is 0.948. The molecule has 0 spiro atoms. The summed E-state index contributed by atoms with van der Waals surface area (Å²) in [6, 6.07) is 20.5. The zero-order chi connectivity index (χ0) is 45.6. The molecule has 1 unspecified atom stereocenters. The Hall–Kier alpha value is -6.55. The number of aromatic nitrogens is 1. The average molecular weight is 898 g/mol. The van der Waals surface area contributed by atoms with E-state index in [2.05, 4.69) is 38.3 Å². The molecule has 0 bridgehead atoms. The van der Waals surface area contributed by atoms with Gasteiger partial charge in [0.05, 0.1) is 31.6 Å². The number of unbranched alkanes of at least 4 members (excludes halogenated alkanes) is 2. The number of aryl methyl sites for hydroxylation is 1. The zero-order valence-corrected chi connectivity index (χ0v) is 36.4. The molecule has 5 rings (SSSR count). The lowest BCUT2D eigenvalue weighted by Gasteiger charge is -2.25. The summed E-state index contributed by atoms with van der Waals surface area (Å²) >= 11 is 0. The number of hydrogen-bond acceptors (Lipinski definition) is 12. The third kappa shape index (κ3) is 16.0. The van der Waals surface area contributed by atoms with Crippen LogP contribution in [-0.4, -0.2) is 85.9 Å². The Morgan fingerprint density at radius 3 is 2.34 bits per heavy atom. The number of pyridine rings is 1. The largest absolute Gasteiger partial charge is 0.494 e. The zero-order valence-electron chi connectivity index (χ0n) is 35.6. The van der Waals surface area contributed by atoms with Crippen LogP contribution in [0.2, 0.25) is 0 Å². The minimum absolute atomic E-state index is 0.0890. The fourth-order valence-corrected chi connectivity index (χ4v) is 7.84. The van der Waals surface area contributed by atoms with Gasteiger partial charge >= 0.3 is 5.97 Å². The number of fused-ring (bicyclic) bond motifs is 1. The van der Waals surface area contributed by atoms with Crippen LogP contribution in [0.5, 0.6) is 17.2 Å². The lowest BCUT2D eigenvalue weighted by molar-refractivity contribution is -0.137. The Morgan fingerprint density at radius 1 is 0.859 bits per heavy atom. The van der Waals surface area contributed by atoms with Crippen molar-refractivity contribution in [1.82, 2.24) is 15.6 Å². The summed E-state index contributed by atoms with van der Waals surface area (Å²) in [7, 11) is -4.42. The van der Waals surface area contributed by atoms with Crippen molar-refractivity contribution in [3.63, 3.8) is 0 Å². The summed E-state index contributed by atoms with van der Waals surface area (Å²) in [6.07, 6.45) is 11.9. The van der Waals surface area contributed by atoms with Crippen molar-refractivity contribution in [3.05, 3.63) is 113 Å². The van der Waals surface area contributed by atoms with E-state index in [4.69, 9.17) is 14.2 Å². The third-order valence-electron chi connectivity index (χ3n) is 10.4. The van der Waals surface area contributed by atoms with Gasteiger partial charge in [-0.2, -0.15) is 13.5 Å². The number of carboxylic acids is 1. The molecule has 5 N–H and O–H groups in total. The van der Waals surface area contributed by atoms with Crippen molar-refractivity contribution < 1.29 is 51.5 Å². The van der Waals surface area contributed by atoms with Crippen LogP contribution in [-0.2, 0) is 37.3 Å². The number of amides is 2. The first-order chi connectivity index (χ1) is 31.0. The maximum atomic E-state index is 12.6. The fraction of sp³-hybridized carbons (Fsp3) is 0.383. The lowest BCUT2D eigenvalue weighted by atomic mass is 9.81. The summed E-state index contributed by atoms with van der Waals surface area (Å²) in [5.41, 5.74) is 6.39. The molecule has 1 aliphatic rings. The molecule has 0 aliphatic heterocycles. The van der Waals surface area contributed by atoms with Gasteiger partial charge in [0.15, 0.2) is 0 Å². The molecule has 64 heavy (non-hydrogen) atoms. The molecule has 1 aromatic heterocycles. The van der Waals surface area contributed by atoms with E-state index in [0.29, 0.717) is 73.5 Å². The van der Waals surface area contributed by atoms with E-state index >= 15 is 0 Å². The van der Waals surface area contributed by atoms with Crippen LogP contribution in [0.15, 0.2) is 95.1 Å². The van der Waals surface area contributed by atoms with Gasteiger partial charge < -0.3 is 30.0 Å². The fourth-order valence-electron chi connectivity index (χ4n) is 7.17. The van der Waals surface area contributed by atoms with Crippen LogP contribution < -0.4 is 30.3 Å². The molecule has 16 nitrogen and oxygen atoms in total. The molecule has 2 amide bonds. The van der Waals surface area contributed by atoms with Gasteiger partial charge in [0.1, 0.15) is 33.9 Å². The van der Waals surface area contributed by atoms with Crippen molar-refractivity contribution >= 4 is 45.9 Å². The summed E-state index contributed by atoms with van der Waals surface area (Å²) < 4.78 is 50.6. The molecular weight excluding hydrogens is 843 g/mol. The number of allylic oxidation sites excluding steroid dienone is 1. The van der Waals surface area contributed by atoms with Crippen LogP contribution >= 0.6 is 0 Å². The van der Waals surface area contributed by atoms with Crippen molar-refractivity contribution in [2.45, 2.75) is 87.9 Å². The molecule has 0 radical (unpaired) electrons. The molecular formula is C47H55N5O11S. The second kappa shape index (κ2) is 25.5. The van der Waals surface area contributed by atoms with Crippen LogP contribution in [0, 0.1) is 0 Å². The highest BCUT2D eigenvalue weighted by Crippen LogP contribution is 2.36. The average Bonchev–Trinajstić information content (AvgIpc) is 3.28. The number of nitrogens with zero attached hydrogens (tertiary/aromatic N) is 2. The third-order valence-corrected chi connectivity index (χ3v) is 11.3. The predicted octanol–water partition coefficient (Wildman–Crippen LogP) is 6.71. The van der Waals surface area contributed by atoms with E-state index in [1.54, 1.807) is 30.3 Å². The Morgan fingerprint density at radius 2 is 1.61 bits per heavy atom. The normalized spacial score (nSPS) is 13.3. The minimum Gasteiger partial charge on any atom is -0.494 e. The molecule has 0 fully saturated rings. The van der Waals surface area contributed by atoms with Gasteiger partial charge in [-0.05, 0) is 124 Å². The van der Waals surface area contributed by atoms with Crippen LogP contribution in [0.3, 0.4) is 0 Å². The lowest BCUT2D eigenvalue weighted by Crippen LogP contribution is -2.30. The second-order valence-electron chi connectivity index (χ2n) is 15.1. The molecule has 3 aromatic carbocycles. The summed E-state index contributed by atoms with van der Waals surface area (Å²) in [5.74, 6) is 3.06. The quantitative estimate of drug-likeness (QED) is 0.0138. The van der Waals surface area contributed by atoms with E-state index in [1.165, 1.54) is 47.8 Å². The minimum atomic E-state index is -4.42. The number of anilines is 1. The number of rotatable bonds is 27. The monoisotopic (exact) mass is 897 g/mol. The van der Waals surface area contributed by atoms with Crippen molar-refractivity contribution in [2.24, 2.45) is 5.10 Å². The second-order valence-corrected chi connectivity index (χ2v) is 16.5. The Kier molecular flexibility index (Phi) is 19.3. The molecule has 0 saturated heterocycles. The van der Waals surface area contributed by atoms with Crippen LogP contribution in [0.25, 0.3) is 0 Å². The Labute approximate surface area is 373 Å². The van der Waals surface area contributed by atoms with Gasteiger partial charge in [-0.25, -0.2) is 9.78 Å². The molecule has 1 aliphatic carbocycles. The van der Waals surface area contributed by atoms with Gasteiger partial charge in [0.25, 0.3) is 16.0 Å². The van der Waals surface area contributed by atoms with Gasteiger partial charge in [0, 0.05) is 49.3 Å². The number of hydrogen-bond donors (Lipinski definition) is 5. The van der Waals surface area contributed by atoms with E-state index < -0.39 is 16.1 Å². The van der Waals surface area contributed by atoms with Crippen molar-refractivity contribution in [1.29, 1.82) is 0 Å². The molecule has 340 valence electrons. The number of carbonyl (C=O) groups is 3. The van der Waals surface area contributed by atoms with Gasteiger partial charge in [-0.15, -0.1) is 0 Å². The van der Waals surface area contributed by atoms with Gasteiger partial charge in [0.2, 0.25) is 5.91 Å². The highest BCUT2D eigenvalue weighted by Gasteiger charge is 2.20. The summed E-state index contributed by atoms with van der Waals surface area (Å²) in [6.45, 7) is 1.94. The first-order valence-electron chi connectivity index (χ1n) is 21.4. The summed E-state index contributed by atoms with van der Waals surface area (Å²) in [5, 5.41) is 18.9. The number of nitrogens with one attached hydrogen (secondary N) is 3. The van der Waals surface area contributed by atoms with E-state index in [-0.39, 0.29) is 48.1 Å². The SMILES string of the molecule is O=C=CCC1CCCc2cc(OCCCCCOc3cccc(OCCCC(=O)NCCCNC(=O)c4ccc(NN=Cc5ccccc5S(=O)(=O)O)nc4)c3CCC(=O)O)ccc21. The molecule has 17 heteroatoms. The van der Waals surface area contributed by atoms with E-state index in [0.717, 1.165) is 50.7 Å². The standard InChI is InChI=1S/C47H55N5O11S/c53-27-8-14-34-12-6-13-35-31-38(20-21-39(34)35)61-28-4-1-5-29-62-41-15-7-16-42(40(41)22-24-46(55)56)63-30-9-18-45(54)48-25-10-26-49-47(57)37-19-23-44(50-32-37)52-51-33-36-11-2-3-17-43(36)64(58,59)60/h2-3,7-8,11,15-17,19-21,23,31-34H,1,4-6,9-10,12-14,18,22,24-26,28-30H2,(H,48,54)(H,49,57)(H,50,52)(H,55,56)(H,58,59,60). The van der Waals surface area contributed by atoms with Gasteiger partial charge in [-0.1, -0.05) is 30.3 Å². The number of hydrazone groups is 1. The molecule has 1 heterocycles. The highest BCUT2D eigenvalue weighted by molar-refractivity contribution is 7.86. The molecule has 1 atom stereocenters. The maximum Gasteiger partial charge on any atom is 0.303 e. The highest BCUT2D eigenvalue weighted by atomic mass is 32.2.